The van der Waals surface area contributed by atoms with Crippen LogP contribution in [0, 0.1) is 0 Å². The van der Waals surface area contributed by atoms with Crippen molar-refractivity contribution in [1.82, 2.24) is 19.7 Å². The van der Waals surface area contributed by atoms with E-state index in [9.17, 15) is 9.59 Å². The lowest BCUT2D eigenvalue weighted by Gasteiger charge is -2.15. The summed E-state index contributed by atoms with van der Waals surface area (Å²) in [6, 6.07) is 5.86. The number of benzene rings is 1. The highest BCUT2D eigenvalue weighted by molar-refractivity contribution is 5.94. The molecule has 23 heavy (non-hydrogen) atoms. The zero-order valence-corrected chi connectivity index (χ0v) is 12.2. The smallest absolute Gasteiger partial charge is 0.321 e. The molecule has 7 heteroatoms. The van der Waals surface area contributed by atoms with Gasteiger partial charge in [-0.2, -0.15) is 0 Å². The maximum absolute atomic E-state index is 12.1. The lowest BCUT2D eigenvalue weighted by Crippen LogP contribution is -2.27. The zero-order chi connectivity index (χ0) is 15.6. The Kier molecular flexibility index (Phi) is 2.29. The molecule has 1 fully saturated rings. The van der Waals surface area contributed by atoms with Gasteiger partial charge in [-0.15, -0.1) is 0 Å². The van der Waals surface area contributed by atoms with Crippen molar-refractivity contribution >= 4 is 17.4 Å². The van der Waals surface area contributed by atoms with Gasteiger partial charge in [0, 0.05) is 43.2 Å². The number of urea groups is 1. The third-order valence-electron chi connectivity index (χ3n) is 4.55. The van der Waals surface area contributed by atoms with Crippen molar-refractivity contribution in [1.29, 1.82) is 0 Å². The second-order valence-corrected chi connectivity index (χ2v) is 5.80. The molecule has 3 heterocycles. The van der Waals surface area contributed by atoms with Crippen LogP contribution in [0.5, 0.6) is 0 Å². The van der Waals surface area contributed by atoms with Crippen LogP contribution in [0.15, 0.2) is 35.4 Å². The molecule has 2 aliphatic rings. The number of imidazole rings is 1. The molecule has 1 aliphatic heterocycles. The third kappa shape index (κ3) is 1.61. The van der Waals surface area contributed by atoms with Gasteiger partial charge in [0.15, 0.2) is 0 Å². The van der Waals surface area contributed by atoms with Crippen LogP contribution in [0.2, 0.25) is 0 Å². The highest BCUT2D eigenvalue weighted by Gasteiger charge is 2.26. The van der Waals surface area contributed by atoms with Gasteiger partial charge < -0.3 is 10.3 Å². The molecule has 2 N–H and O–H groups in total. The number of aromatic amines is 1. The Bertz CT molecular complexity index is 1030. The molecule has 114 valence electrons. The Labute approximate surface area is 130 Å². The van der Waals surface area contributed by atoms with Crippen molar-refractivity contribution in [2.45, 2.75) is 6.42 Å². The fourth-order valence-corrected chi connectivity index (χ4v) is 3.48. The van der Waals surface area contributed by atoms with Crippen molar-refractivity contribution in [3.8, 4) is 11.3 Å². The number of carbonyl (C=O) groups excluding carboxylic acids is 1. The van der Waals surface area contributed by atoms with Crippen LogP contribution in [0.4, 0.5) is 10.5 Å². The van der Waals surface area contributed by atoms with Crippen LogP contribution in [-0.4, -0.2) is 33.5 Å². The third-order valence-corrected chi connectivity index (χ3v) is 4.55. The number of nitrogens with one attached hydrogen (secondary N) is 2. The van der Waals surface area contributed by atoms with E-state index in [2.05, 4.69) is 15.3 Å². The number of rotatable bonds is 1. The van der Waals surface area contributed by atoms with Crippen molar-refractivity contribution in [3.05, 3.63) is 52.2 Å². The monoisotopic (exact) mass is 307 g/mol. The summed E-state index contributed by atoms with van der Waals surface area (Å²) >= 11 is 0. The van der Waals surface area contributed by atoms with Gasteiger partial charge >= 0.3 is 6.03 Å². The summed E-state index contributed by atoms with van der Waals surface area (Å²) in [5.41, 5.74) is 5.09. The fourth-order valence-electron chi connectivity index (χ4n) is 3.48. The normalized spacial score (nSPS) is 15.8. The minimum atomic E-state index is -0.190. The number of hydrogen-bond donors (Lipinski definition) is 2. The van der Waals surface area contributed by atoms with E-state index in [-0.39, 0.29) is 11.6 Å². The lowest BCUT2D eigenvalue weighted by molar-refractivity contribution is 0.252. The lowest BCUT2D eigenvalue weighted by atomic mass is 10.1. The molecule has 0 saturated carbocycles. The number of fused-ring (bicyclic) bond motifs is 5. The minimum absolute atomic E-state index is 0.0640. The number of hydrogen-bond acceptors (Lipinski definition) is 3. The van der Waals surface area contributed by atoms with Gasteiger partial charge in [0.1, 0.15) is 0 Å². The maximum atomic E-state index is 12.1. The van der Waals surface area contributed by atoms with E-state index in [0.717, 1.165) is 28.2 Å². The largest absolute Gasteiger partial charge is 0.336 e. The second-order valence-electron chi connectivity index (χ2n) is 5.80. The molecular formula is C16H13N5O2. The van der Waals surface area contributed by atoms with Crippen LogP contribution in [0.1, 0.15) is 11.3 Å². The van der Waals surface area contributed by atoms with Gasteiger partial charge in [-0.05, 0) is 17.7 Å². The van der Waals surface area contributed by atoms with E-state index in [1.807, 2.05) is 28.8 Å². The Balaban J connectivity index is 1.67. The Morgan fingerprint density at radius 2 is 2.13 bits per heavy atom. The molecule has 1 aromatic carbocycles. The molecule has 0 radical (unpaired) electrons. The van der Waals surface area contributed by atoms with E-state index in [0.29, 0.717) is 25.2 Å². The number of carbonyl (C=O) groups is 1. The maximum Gasteiger partial charge on any atom is 0.321 e. The summed E-state index contributed by atoms with van der Waals surface area (Å²) in [7, 11) is 0. The highest BCUT2D eigenvalue weighted by atomic mass is 16.2. The topological polar surface area (TPSA) is 82.5 Å². The quantitative estimate of drug-likeness (QED) is 0.553. The molecule has 5 rings (SSSR count). The van der Waals surface area contributed by atoms with Gasteiger partial charge in [-0.1, -0.05) is 6.07 Å². The highest BCUT2D eigenvalue weighted by Crippen LogP contribution is 2.36. The predicted octanol–water partition coefficient (Wildman–Crippen LogP) is 1.12. The number of anilines is 1. The molecule has 0 bridgehead atoms. The fraction of sp³-hybridized carbons (Fsp3) is 0.188. The Hall–Kier alpha value is -3.09. The van der Waals surface area contributed by atoms with E-state index in [4.69, 9.17) is 0 Å². The first kappa shape index (κ1) is 12.5. The van der Waals surface area contributed by atoms with E-state index >= 15 is 0 Å². The molecule has 2 aromatic heterocycles. The molecule has 1 saturated heterocycles. The first-order valence-electron chi connectivity index (χ1n) is 7.49. The molecule has 7 nitrogen and oxygen atoms in total. The van der Waals surface area contributed by atoms with Crippen LogP contribution < -0.4 is 15.8 Å². The summed E-state index contributed by atoms with van der Waals surface area (Å²) in [6.07, 6.45) is 4.15. The number of amides is 2. The average molecular weight is 307 g/mol. The molecule has 0 atom stereocenters. The van der Waals surface area contributed by atoms with Crippen molar-refractivity contribution in [3.63, 3.8) is 0 Å². The predicted molar refractivity (Wildman–Crippen MR) is 84.8 cm³/mol. The van der Waals surface area contributed by atoms with Crippen LogP contribution in [0.3, 0.4) is 0 Å². The van der Waals surface area contributed by atoms with E-state index in [1.54, 1.807) is 11.1 Å². The van der Waals surface area contributed by atoms with Gasteiger partial charge in [0.05, 0.1) is 11.4 Å². The Morgan fingerprint density at radius 3 is 2.96 bits per heavy atom. The van der Waals surface area contributed by atoms with Gasteiger partial charge in [-0.25, -0.2) is 9.78 Å². The van der Waals surface area contributed by atoms with Crippen molar-refractivity contribution < 1.29 is 4.79 Å². The summed E-state index contributed by atoms with van der Waals surface area (Å²) in [4.78, 5) is 32.7. The van der Waals surface area contributed by atoms with Crippen LogP contribution in [0.25, 0.3) is 16.9 Å². The molecule has 3 aromatic rings. The standard InChI is InChI=1S/C16H13N5O2/c22-15-14-17-3-6-21(14)12-8-9-7-10(20-5-4-18-16(20)23)1-2-11(9)13(12)19-15/h1-3,6-7H,4-5,8H2,(H,18,23)(H,19,22). The zero-order valence-electron chi connectivity index (χ0n) is 12.2. The minimum Gasteiger partial charge on any atom is -0.336 e. The second kappa shape index (κ2) is 4.22. The molecule has 0 spiro atoms. The summed E-state index contributed by atoms with van der Waals surface area (Å²) < 4.78 is 1.84. The van der Waals surface area contributed by atoms with Gasteiger partial charge in [-0.3, -0.25) is 14.1 Å². The average Bonchev–Trinajstić information content (AvgIpc) is 3.24. The number of aromatic nitrogens is 3. The van der Waals surface area contributed by atoms with Crippen LogP contribution >= 0.6 is 0 Å². The van der Waals surface area contributed by atoms with Crippen LogP contribution in [-0.2, 0) is 6.42 Å². The first-order chi connectivity index (χ1) is 11.2. The summed E-state index contributed by atoms with van der Waals surface area (Å²) in [5, 5.41) is 2.81. The van der Waals surface area contributed by atoms with Gasteiger partial charge in [0.2, 0.25) is 5.65 Å². The van der Waals surface area contributed by atoms with Crippen molar-refractivity contribution in [2.75, 3.05) is 18.0 Å². The molecule has 1 aliphatic carbocycles. The first-order valence-corrected chi connectivity index (χ1v) is 7.49. The van der Waals surface area contributed by atoms with Gasteiger partial charge in [0.25, 0.3) is 5.56 Å². The SMILES string of the molecule is O=C1NCCN1c1ccc2c(c1)Cc1c-2[nH]c(=O)c2nccn12. The molecule has 0 unspecified atom stereocenters. The summed E-state index contributed by atoms with van der Waals surface area (Å²) in [5.74, 6) is 0. The van der Waals surface area contributed by atoms with Crippen molar-refractivity contribution in [2.24, 2.45) is 0 Å². The Morgan fingerprint density at radius 1 is 1.22 bits per heavy atom. The summed E-state index contributed by atoms with van der Waals surface area (Å²) in [6.45, 7) is 1.34. The molecule has 2 amide bonds. The van der Waals surface area contributed by atoms with E-state index < -0.39 is 0 Å². The molecular weight excluding hydrogens is 294 g/mol. The number of nitrogens with zero attached hydrogens (tertiary/aromatic N) is 3. The number of H-pyrrole nitrogens is 1. The van der Waals surface area contributed by atoms with E-state index in [1.165, 1.54) is 0 Å².